The molecule has 2 aromatic rings. The maximum Gasteiger partial charge on any atom is 0.273 e. The van der Waals surface area contributed by atoms with Gasteiger partial charge in [-0.1, -0.05) is 0 Å². The van der Waals surface area contributed by atoms with Crippen molar-refractivity contribution in [1.82, 2.24) is 19.8 Å². The monoisotopic (exact) mass is 362 g/mol. The van der Waals surface area contributed by atoms with E-state index in [1.807, 2.05) is 23.4 Å². The summed E-state index contributed by atoms with van der Waals surface area (Å²) in [5.74, 6) is 0.0962. The number of carbonyl (C=O) groups excluding carboxylic acids is 1. The summed E-state index contributed by atoms with van der Waals surface area (Å²) < 4.78 is 0. The van der Waals surface area contributed by atoms with Crippen LogP contribution in [0.4, 0.5) is 0 Å². The predicted octanol–water partition coefficient (Wildman–Crippen LogP) is 3.10. The van der Waals surface area contributed by atoms with Gasteiger partial charge in [0.25, 0.3) is 5.91 Å². The van der Waals surface area contributed by atoms with E-state index in [2.05, 4.69) is 21.8 Å². The van der Waals surface area contributed by atoms with Gasteiger partial charge >= 0.3 is 0 Å². The minimum Gasteiger partial charge on any atom is -0.335 e. The third-order valence-corrected chi connectivity index (χ3v) is 6.89. The van der Waals surface area contributed by atoms with E-state index < -0.39 is 0 Å². The summed E-state index contributed by atoms with van der Waals surface area (Å²) in [7, 11) is 0. The molecule has 1 amide bonds. The van der Waals surface area contributed by atoms with Crippen molar-refractivity contribution in [3.63, 3.8) is 0 Å². The van der Waals surface area contributed by atoms with Gasteiger partial charge in [0.2, 0.25) is 0 Å². The first-order valence-corrected chi connectivity index (χ1v) is 10.1. The molecule has 0 radical (unpaired) electrons. The van der Waals surface area contributed by atoms with Gasteiger partial charge in [-0.15, -0.1) is 22.7 Å². The van der Waals surface area contributed by atoms with Crippen molar-refractivity contribution < 1.29 is 4.79 Å². The number of piperidine rings is 1. The Labute approximate surface area is 150 Å². The van der Waals surface area contributed by atoms with Crippen molar-refractivity contribution in [2.24, 2.45) is 0 Å². The molecule has 0 N–H and O–H groups in total. The van der Waals surface area contributed by atoms with Gasteiger partial charge < -0.3 is 4.90 Å². The summed E-state index contributed by atoms with van der Waals surface area (Å²) in [4.78, 5) is 27.4. The van der Waals surface area contributed by atoms with Crippen LogP contribution in [0.25, 0.3) is 0 Å². The Hall–Kier alpha value is -1.31. The lowest BCUT2D eigenvalue weighted by molar-refractivity contribution is -0.0644. The normalized spacial score (nSPS) is 24.3. The van der Waals surface area contributed by atoms with Crippen LogP contribution in [-0.4, -0.2) is 50.8 Å². The summed E-state index contributed by atoms with van der Waals surface area (Å²) >= 11 is 3.32. The lowest BCUT2D eigenvalue weighted by atomic mass is 9.77. The fourth-order valence-electron chi connectivity index (χ4n) is 3.87. The maximum absolute atomic E-state index is 12.8. The number of amides is 1. The van der Waals surface area contributed by atoms with Gasteiger partial charge in [0.15, 0.2) is 0 Å². The van der Waals surface area contributed by atoms with E-state index in [4.69, 9.17) is 0 Å². The zero-order valence-electron chi connectivity index (χ0n) is 14.1. The van der Waals surface area contributed by atoms with Crippen molar-refractivity contribution in [1.29, 1.82) is 0 Å². The minimum atomic E-state index is 0.0962. The summed E-state index contributed by atoms with van der Waals surface area (Å²) in [6, 6.07) is 0. The van der Waals surface area contributed by atoms with E-state index in [1.165, 1.54) is 17.7 Å². The van der Waals surface area contributed by atoms with Gasteiger partial charge in [-0.3, -0.25) is 9.69 Å². The number of hydrogen-bond donors (Lipinski definition) is 0. The smallest absolute Gasteiger partial charge is 0.273 e. The van der Waals surface area contributed by atoms with Gasteiger partial charge in [0.1, 0.15) is 5.69 Å². The van der Waals surface area contributed by atoms with Gasteiger partial charge in [-0.25, -0.2) is 9.97 Å². The van der Waals surface area contributed by atoms with Crippen molar-refractivity contribution in [3.8, 4) is 0 Å². The Balaban J connectivity index is 1.46. The maximum atomic E-state index is 12.8. The molecule has 0 saturated carbocycles. The van der Waals surface area contributed by atoms with Crippen molar-refractivity contribution >= 4 is 28.6 Å². The first-order chi connectivity index (χ1) is 11.6. The Kier molecular flexibility index (Phi) is 4.18. The van der Waals surface area contributed by atoms with E-state index in [0.717, 1.165) is 42.6 Å². The molecule has 2 aromatic heterocycles. The number of aryl methyl sites for hydroxylation is 2. The SMILES string of the molecule is Cc1nc(C(=O)N2CCC[C@@]3(CCN3Cc3cnc(C)s3)C2)cs1. The Bertz CT molecular complexity index is 755. The first-order valence-electron chi connectivity index (χ1n) is 8.43. The highest BCUT2D eigenvalue weighted by Crippen LogP contribution is 2.40. The van der Waals surface area contributed by atoms with Crippen LogP contribution >= 0.6 is 22.7 Å². The third kappa shape index (κ3) is 2.89. The molecule has 1 atom stereocenters. The molecule has 2 aliphatic rings. The summed E-state index contributed by atoms with van der Waals surface area (Å²) in [5, 5.41) is 3.97. The topological polar surface area (TPSA) is 49.3 Å². The van der Waals surface area contributed by atoms with Crippen LogP contribution in [0.2, 0.25) is 0 Å². The highest BCUT2D eigenvalue weighted by Gasteiger charge is 2.48. The van der Waals surface area contributed by atoms with Gasteiger partial charge in [-0.2, -0.15) is 0 Å². The Morgan fingerprint density at radius 1 is 1.29 bits per heavy atom. The van der Waals surface area contributed by atoms with E-state index in [-0.39, 0.29) is 11.4 Å². The lowest BCUT2D eigenvalue weighted by Gasteiger charge is -2.57. The van der Waals surface area contributed by atoms with Crippen LogP contribution in [0.3, 0.4) is 0 Å². The van der Waals surface area contributed by atoms with Crippen LogP contribution in [-0.2, 0) is 6.54 Å². The molecule has 24 heavy (non-hydrogen) atoms. The van der Waals surface area contributed by atoms with E-state index in [1.54, 1.807) is 22.7 Å². The molecule has 0 unspecified atom stereocenters. The number of aromatic nitrogens is 2. The summed E-state index contributed by atoms with van der Waals surface area (Å²) in [6.07, 6.45) is 5.44. The lowest BCUT2D eigenvalue weighted by Crippen LogP contribution is -2.66. The van der Waals surface area contributed by atoms with Gasteiger partial charge in [-0.05, 0) is 33.1 Å². The van der Waals surface area contributed by atoms with E-state index in [9.17, 15) is 4.79 Å². The molecule has 2 aliphatic heterocycles. The molecular weight excluding hydrogens is 340 g/mol. The molecule has 0 aromatic carbocycles. The zero-order valence-corrected chi connectivity index (χ0v) is 15.8. The van der Waals surface area contributed by atoms with Crippen LogP contribution in [0.5, 0.6) is 0 Å². The number of rotatable bonds is 3. The quantitative estimate of drug-likeness (QED) is 0.842. The number of hydrogen-bond acceptors (Lipinski definition) is 6. The highest BCUT2D eigenvalue weighted by atomic mass is 32.1. The molecular formula is C17H22N4OS2. The fourth-order valence-corrected chi connectivity index (χ4v) is 5.27. The molecule has 5 nitrogen and oxygen atoms in total. The van der Waals surface area contributed by atoms with Crippen LogP contribution < -0.4 is 0 Å². The van der Waals surface area contributed by atoms with E-state index >= 15 is 0 Å². The second-order valence-electron chi connectivity index (χ2n) is 6.82. The molecule has 7 heteroatoms. The molecule has 4 heterocycles. The molecule has 0 aliphatic carbocycles. The van der Waals surface area contributed by atoms with E-state index in [0.29, 0.717) is 5.69 Å². The van der Waals surface area contributed by atoms with Crippen LogP contribution in [0, 0.1) is 13.8 Å². The minimum absolute atomic E-state index is 0.0962. The third-order valence-electron chi connectivity index (χ3n) is 5.21. The molecule has 4 rings (SSSR count). The highest BCUT2D eigenvalue weighted by molar-refractivity contribution is 7.11. The van der Waals surface area contributed by atoms with Crippen LogP contribution in [0.1, 0.15) is 44.6 Å². The molecule has 2 saturated heterocycles. The van der Waals surface area contributed by atoms with Crippen molar-refractivity contribution in [2.75, 3.05) is 19.6 Å². The van der Waals surface area contributed by atoms with Gasteiger partial charge in [0, 0.05) is 48.2 Å². The number of nitrogens with zero attached hydrogens (tertiary/aromatic N) is 4. The molecule has 128 valence electrons. The van der Waals surface area contributed by atoms with Crippen molar-refractivity contribution in [3.05, 3.63) is 32.2 Å². The second-order valence-corrected chi connectivity index (χ2v) is 9.21. The van der Waals surface area contributed by atoms with Crippen molar-refractivity contribution in [2.45, 2.75) is 45.2 Å². The fraction of sp³-hybridized carbons (Fsp3) is 0.588. The molecule has 0 bridgehead atoms. The first kappa shape index (κ1) is 16.2. The number of likely N-dealkylation sites (tertiary alicyclic amines) is 2. The average molecular weight is 363 g/mol. The second kappa shape index (κ2) is 6.20. The predicted molar refractivity (Wildman–Crippen MR) is 96.6 cm³/mol. The zero-order chi connectivity index (χ0) is 16.7. The Morgan fingerprint density at radius 3 is 2.79 bits per heavy atom. The van der Waals surface area contributed by atoms with Gasteiger partial charge in [0.05, 0.1) is 10.0 Å². The number of thiazole rings is 2. The standard InChI is InChI=1S/C17H22N4OS2/c1-12-18-8-14(24-12)9-21-7-5-17(21)4-3-6-20(11-17)16(22)15-10-23-13(2)19-15/h8,10H,3-7,9,11H2,1-2H3/t17-/m1/s1. The largest absolute Gasteiger partial charge is 0.335 e. The number of carbonyl (C=O) groups is 1. The van der Waals surface area contributed by atoms with Crippen LogP contribution in [0.15, 0.2) is 11.6 Å². The average Bonchev–Trinajstić information content (AvgIpc) is 3.19. The molecule has 1 spiro atoms. The molecule has 2 fully saturated rings. The summed E-state index contributed by atoms with van der Waals surface area (Å²) in [6.45, 7) is 7.77. The summed E-state index contributed by atoms with van der Waals surface area (Å²) in [5.41, 5.74) is 0.773. The Morgan fingerprint density at radius 2 is 2.17 bits per heavy atom.